The average Bonchev–Trinajstić information content (AvgIpc) is 2.02. The summed E-state index contributed by atoms with van der Waals surface area (Å²) in [5, 5.41) is 12.9. The molecule has 1 aliphatic rings. The van der Waals surface area contributed by atoms with Gasteiger partial charge in [-0.25, -0.2) is 0 Å². The molecule has 0 amide bonds. The van der Waals surface area contributed by atoms with Gasteiger partial charge in [0.15, 0.2) is 0 Å². The number of nitrogens with one attached hydrogen (secondary N) is 1. The summed E-state index contributed by atoms with van der Waals surface area (Å²) >= 11 is 0. The van der Waals surface area contributed by atoms with Crippen molar-refractivity contribution in [2.24, 2.45) is 0 Å². The van der Waals surface area contributed by atoms with E-state index in [1.165, 1.54) is 32.1 Å². The van der Waals surface area contributed by atoms with Crippen LogP contribution in [0.15, 0.2) is 0 Å². The monoisotopic (exact) mass is 207 g/mol. The minimum atomic E-state index is -0.558. The molecule has 3 heteroatoms. The molecule has 1 saturated carbocycles. The molecule has 0 spiro atoms. The van der Waals surface area contributed by atoms with E-state index < -0.39 is 5.60 Å². The summed E-state index contributed by atoms with van der Waals surface area (Å²) in [6.07, 6.45) is 6.67. The molecule has 13 heavy (non-hydrogen) atoms. The predicted octanol–water partition coefficient (Wildman–Crippen LogP) is 2.10. The summed E-state index contributed by atoms with van der Waals surface area (Å²) in [6.45, 7) is 4.42. The maximum atomic E-state index is 9.49. The van der Waals surface area contributed by atoms with Gasteiger partial charge in [0.05, 0.1) is 5.60 Å². The topological polar surface area (TPSA) is 32.3 Å². The third-order valence-electron chi connectivity index (χ3n) is 2.43. The molecule has 0 saturated heterocycles. The highest BCUT2D eigenvalue weighted by Gasteiger charge is 2.17. The molecule has 0 heterocycles. The summed E-state index contributed by atoms with van der Waals surface area (Å²) in [5.41, 5.74) is -0.558. The lowest BCUT2D eigenvalue weighted by Crippen LogP contribution is -2.41. The fraction of sp³-hybridized carbons (Fsp3) is 1.00. The van der Waals surface area contributed by atoms with Crippen LogP contribution < -0.4 is 5.32 Å². The van der Waals surface area contributed by atoms with Crippen LogP contribution in [-0.2, 0) is 0 Å². The Kier molecular flexibility index (Phi) is 5.93. The number of hydrogen-bond acceptors (Lipinski definition) is 2. The van der Waals surface area contributed by atoms with Crippen LogP contribution in [0, 0.1) is 0 Å². The van der Waals surface area contributed by atoms with Crippen LogP contribution in [0.3, 0.4) is 0 Å². The largest absolute Gasteiger partial charge is 0.389 e. The quantitative estimate of drug-likeness (QED) is 0.743. The minimum absolute atomic E-state index is 0. The summed E-state index contributed by atoms with van der Waals surface area (Å²) in [7, 11) is 0. The Balaban J connectivity index is 0.00000144. The van der Waals surface area contributed by atoms with Gasteiger partial charge in [-0.1, -0.05) is 19.3 Å². The summed E-state index contributed by atoms with van der Waals surface area (Å²) in [6, 6.07) is 0.658. The molecule has 1 rings (SSSR count). The van der Waals surface area contributed by atoms with Crippen LogP contribution in [0.2, 0.25) is 0 Å². The first kappa shape index (κ1) is 13.2. The maximum absolute atomic E-state index is 9.49. The molecule has 0 aromatic heterocycles. The number of aliphatic hydroxyl groups is 1. The standard InChI is InChI=1S/C10H21NO.ClH/c1-10(2,12)8-11-9-6-4-3-5-7-9;/h9,11-12H,3-8H2,1-2H3;1H. The van der Waals surface area contributed by atoms with Crippen molar-refractivity contribution in [3.05, 3.63) is 0 Å². The van der Waals surface area contributed by atoms with Crippen molar-refractivity contribution in [3.63, 3.8) is 0 Å². The molecule has 2 N–H and O–H groups in total. The molecule has 0 unspecified atom stereocenters. The summed E-state index contributed by atoms with van der Waals surface area (Å²) in [4.78, 5) is 0. The smallest absolute Gasteiger partial charge is 0.0715 e. The van der Waals surface area contributed by atoms with Crippen LogP contribution in [0.5, 0.6) is 0 Å². The number of hydrogen-bond donors (Lipinski definition) is 2. The second-order valence-corrected chi connectivity index (χ2v) is 4.53. The zero-order chi connectivity index (χ0) is 9.03. The Bertz CT molecular complexity index is 127. The van der Waals surface area contributed by atoms with Crippen molar-refractivity contribution in [3.8, 4) is 0 Å². The predicted molar refractivity (Wildman–Crippen MR) is 58.4 cm³/mol. The van der Waals surface area contributed by atoms with E-state index in [1.54, 1.807) is 0 Å². The molecule has 0 radical (unpaired) electrons. The van der Waals surface area contributed by atoms with Crippen molar-refractivity contribution in [2.75, 3.05) is 6.54 Å². The fourth-order valence-corrected chi connectivity index (χ4v) is 1.70. The van der Waals surface area contributed by atoms with E-state index in [9.17, 15) is 5.11 Å². The lowest BCUT2D eigenvalue weighted by Gasteiger charge is -2.26. The Morgan fingerprint density at radius 1 is 1.23 bits per heavy atom. The molecular weight excluding hydrogens is 186 g/mol. The molecule has 0 bridgehead atoms. The highest BCUT2D eigenvalue weighted by Crippen LogP contribution is 2.17. The van der Waals surface area contributed by atoms with E-state index in [2.05, 4.69) is 5.32 Å². The Morgan fingerprint density at radius 3 is 2.23 bits per heavy atom. The van der Waals surface area contributed by atoms with E-state index in [1.807, 2.05) is 13.8 Å². The van der Waals surface area contributed by atoms with Crippen molar-refractivity contribution in [2.45, 2.75) is 57.6 Å². The first-order chi connectivity index (χ1) is 5.58. The van der Waals surface area contributed by atoms with Crippen LogP contribution in [0.4, 0.5) is 0 Å². The number of rotatable bonds is 3. The van der Waals surface area contributed by atoms with Crippen LogP contribution in [-0.4, -0.2) is 23.3 Å². The van der Waals surface area contributed by atoms with Gasteiger partial charge in [-0.15, -0.1) is 12.4 Å². The van der Waals surface area contributed by atoms with Crippen molar-refractivity contribution in [1.82, 2.24) is 5.32 Å². The molecule has 2 nitrogen and oxygen atoms in total. The van der Waals surface area contributed by atoms with E-state index >= 15 is 0 Å². The maximum Gasteiger partial charge on any atom is 0.0715 e. The normalized spacial score (nSPS) is 19.6. The second-order valence-electron chi connectivity index (χ2n) is 4.53. The minimum Gasteiger partial charge on any atom is -0.389 e. The fourth-order valence-electron chi connectivity index (χ4n) is 1.70. The number of halogens is 1. The zero-order valence-corrected chi connectivity index (χ0v) is 9.49. The first-order valence-electron chi connectivity index (χ1n) is 5.04. The summed E-state index contributed by atoms with van der Waals surface area (Å²) < 4.78 is 0. The van der Waals surface area contributed by atoms with Gasteiger partial charge in [0.25, 0.3) is 0 Å². The Labute approximate surface area is 87.5 Å². The highest BCUT2D eigenvalue weighted by molar-refractivity contribution is 5.85. The van der Waals surface area contributed by atoms with E-state index in [-0.39, 0.29) is 12.4 Å². The van der Waals surface area contributed by atoms with E-state index in [0.717, 1.165) is 6.54 Å². The molecule has 0 aliphatic heterocycles. The van der Waals surface area contributed by atoms with Crippen LogP contribution in [0.1, 0.15) is 46.0 Å². The van der Waals surface area contributed by atoms with Gasteiger partial charge < -0.3 is 10.4 Å². The van der Waals surface area contributed by atoms with Crippen molar-refractivity contribution < 1.29 is 5.11 Å². The summed E-state index contributed by atoms with van der Waals surface area (Å²) in [5.74, 6) is 0. The van der Waals surface area contributed by atoms with Gasteiger partial charge in [0.1, 0.15) is 0 Å². The van der Waals surface area contributed by atoms with Gasteiger partial charge in [0, 0.05) is 12.6 Å². The average molecular weight is 208 g/mol. The SMILES string of the molecule is CC(C)(O)CNC1CCCCC1.Cl. The van der Waals surface area contributed by atoms with E-state index in [4.69, 9.17) is 0 Å². The molecule has 1 aliphatic carbocycles. The molecule has 0 aromatic carbocycles. The molecule has 1 fully saturated rings. The molecular formula is C10H22ClNO. The highest BCUT2D eigenvalue weighted by atomic mass is 35.5. The zero-order valence-electron chi connectivity index (χ0n) is 8.68. The van der Waals surface area contributed by atoms with Gasteiger partial charge in [-0.05, 0) is 26.7 Å². The van der Waals surface area contributed by atoms with Gasteiger partial charge in [-0.2, -0.15) is 0 Å². The van der Waals surface area contributed by atoms with E-state index in [0.29, 0.717) is 6.04 Å². The molecule has 80 valence electrons. The molecule has 0 atom stereocenters. The van der Waals surface area contributed by atoms with Gasteiger partial charge in [0.2, 0.25) is 0 Å². The Morgan fingerprint density at radius 2 is 1.77 bits per heavy atom. The van der Waals surface area contributed by atoms with Crippen molar-refractivity contribution >= 4 is 12.4 Å². The van der Waals surface area contributed by atoms with Crippen molar-refractivity contribution in [1.29, 1.82) is 0 Å². The van der Waals surface area contributed by atoms with Gasteiger partial charge in [-0.3, -0.25) is 0 Å². The first-order valence-corrected chi connectivity index (χ1v) is 5.04. The van der Waals surface area contributed by atoms with Crippen LogP contribution in [0.25, 0.3) is 0 Å². The third kappa shape index (κ3) is 6.30. The molecule has 0 aromatic rings. The Hall–Kier alpha value is 0.210. The third-order valence-corrected chi connectivity index (χ3v) is 2.43. The van der Waals surface area contributed by atoms with Crippen LogP contribution >= 0.6 is 12.4 Å². The van der Waals surface area contributed by atoms with Gasteiger partial charge >= 0.3 is 0 Å². The second kappa shape index (κ2) is 5.84. The lowest BCUT2D eigenvalue weighted by atomic mass is 9.95. The lowest BCUT2D eigenvalue weighted by molar-refractivity contribution is 0.0746.